The number of halogens is 1. The highest BCUT2D eigenvalue weighted by Crippen LogP contribution is 2.36. The van der Waals surface area contributed by atoms with Crippen LogP contribution in [0.5, 0.6) is 0 Å². The third-order valence-corrected chi connectivity index (χ3v) is 6.96. The monoisotopic (exact) mass is 443 g/mol. The van der Waals surface area contributed by atoms with E-state index >= 15 is 0 Å². The molecule has 1 amide bonds. The number of carbonyl (C=O) groups excluding carboxylic acids is 1. The molecule has 140 valence electrons. The maximum absolute atomic E-state index is 13.2. The van der Waals surface area contributed by atoms with Crippen LogP contribution in [-0.2, 0) is 21.4 Å². The van der Waals surface area contributed by atoms with Gasteiger partial charge >= 0.3 is 0 Å². The summed E-state index contributed by atoms with van der Waals surface area (Å²) in [5, 5.41) is 6.71. The van der Waals surface area contributed by atoms with Gasteiger partial charge in [-0.15, -0.1) is 11.3 Å². The molecule has 0 bridgehead atoms. The van der Waals surface area contributed by atoms with Crippen LogP contribution in [0.1, 0.15) is 24.0 Å². The third-order valence-electron chi connectivity index (χ3n) is 5.42. The Labute approximate surface area is 171 Å². The summed E-state index contributed by atoms with van der Waals surface area (Å²) in [5.41, 5.74) is 1.89. The first-order valence-electron chi connectivity index (χ1n) is 9.26. The topological polar surface area (TPSA) is 38.3 Å². The van der Waals surface area contributed by atoms with E-state index in [0.717, 1.165) is 29.3 Å². The van der Waals surface area contributed by atoms with Crippen molar-refractivity contribution in [2.75, 3.05) is 19.8 Å². The van der Waals surface area contributed by atoms with Crippen molar-refractivity contribution in [1.82, 2.24) is 5.32 Å². The molecule has 5 heteroatoms. The summed E-state index contributed by atoms with van der Waals surface area (Å²) >= 11 is 5.25. The van der Waals surface area contributed by atoms with Gasteiger partial charge in [0.1, 0.15) is 0 Å². The Hall–Kier alpha value is -1.69. The predicted octanol–water partition coefficient (Wildman–Crippen LogP) is 5.07. The number of fused-ring (bicyclic) bond motifs is 1. The highest BCUT2D eigenvalue weighted by molar-refractivity contribution is 9.10. The summed E-state index contributed by atoms with van der Waals surface area (Å²) in [7, 11) is 0. The van der Waals surface area contributed by atoms with Crippen LogP contribution in [0.2, 0.25) is 0 Å². The van der Waals surface area contributed by atoms with Crippen LogP contribution in [0, 0.1) is 0 Å². The Morgan fingerprint density at radius 2 is 1.85 bits per heavy atom. The molecule has 0 unspecified atom stereocenters. The average Bonchev–Trinajstić information content (AvgIpc) is 3.12. The van der Waals surface area contributed by atoms with Crippen LogP contribution >= 0.6 is 27.3 Å². The first-order valence-corrected chi connectivity index (χ1v) is 10.9. The fourth-order valence-electron chi connectivity index (χ4n) is 3.84. The average molecular weight is 444 g/mol. The molecule has 1 aliphatic heterocycles. The number of amides is 1. The Morgan fingerprint density at radius 1 is 1.11 bits per heavy atom. The van der Waals surface area contributed by atoms with Crippen molar-refractivity contribution in [2.24, 2.45) is 0 Å². The molecular formula is C22H22BrNO2S. The summed E-state index contributed by atoms with van der Waals surface area (Å²) in [6.45, 7) is 1.90. The van der Waals surface area contributed by atoms with Crippen molar-refractivity contribution in [3.63, 3.8) is 0 Å². The lowest BCUT2D eigenvalue weighted by Gasteiger charge is -2.36. The third kappa shape index (κ3) is 3.82. The van der Waals surface area contributed by atoms with Crippen molar-refractivity contribution in [1.29, 1.82) is 0 Å². The molecule has 1 fully saturated rings. The zero-order valence-corrected chi connectivity index (χ0v) is 17.4. The quantitative estimate of drug-likeness (QED) is 0.597. The number of ether oxygens (including phenoxy) is 1. The Bertz CT molecular complexity index is 929. The smallest absolute Gasteiger partial charge is 0.230 e. The van der Waals surface area contributed by atoms with E-state index in [1.54, 1.807) is 11.3 Å². The summed E-state index contributed by atoms with van der Waals surface area (Å²) in [5.74, 6) is 0.118. The molecule has 1 N–H and O–H groups in total. The Balaban J connectivity index is 1.48. The number of nitrogens with one attached hydrogen (secondary N) is 1. The molecule has 1 aromatic heterocycles. The number of thiophene rings is 1. The van der Waals surface area contributed by atoms with Gasteiger partial charge in [0.05, 0.1) is 5.41 Å². The number of carbonyl (C=O) groups is 1. The van der Waals surface area contributed by atoms with Gasteiger partial charge in [-0.2, -0.15) is 0 Å². The van der Waals surface area contributed by atoms with Gasteiger partial charge in [-0.3, -0.25) is 4.79 Å². The molecule has 1 aliphatic rings. The molecule has 1 saturated heterocycles. The lowest BCUT2D eigenvalue weighted by atomic mass is 9.73. The lowest BCUT2D eigenvalue weighted by molar-refractivity contribution is -0.130. The largest absolute Gasteiger partial charge is 0.381 e. The molecule has 0 aliphatic carbocycles. The van der Waals surface area contributed by atoms with Gasteiger partial charge in [-0.25, -0.2) is 0 Å². The van der Waals surface area contributed by atoms with Crippen LogP contribution in [0.25, 0.3) is 10.1 Å². The lowest BCUT2D eigenvalue weighted by Crippen LogP contribution is -2.48. The molecule has 3 aromatic rings. The maximum atomic E-state index is 13.2. The molecule has 4 rings (SSSR count). The van der Waals surface area contributed by atoms with Crippen LogP contribution in [0.15, 0.2) is 58.4 Å². The molecule has 0 spiro atoms. The second-order valence-electron chi connectivity index (χ2n) is 6.96. The minimum Gasteiger partial charge on any atom is -0.381 e. The van der Waals surface area contributed by atoms with E-state index in [0.29, 0.717) is 19.8 Å². The van der Waals surface area contributed by atoms with Crippen molar-refractivity contribution >= 4 is 43.3 Å². The summed E-state index contributed by atoms with van der Waals surface area (Å²) in [6.07, 6.45) is 2.30. The predicted molar refractivity (Wildman–Crippen MR) is 114 cm³/mol. The molecule has 0 saturated carbocycles. The first kappa shape index (κ1) is 18.7. The van der Waals surface area contributed by atoms with Gasteiger partial charge in [-0.05, 0) is 59.4 Å². The standard InChI is InChI=1S/C22H22BrNO2S/c23-18-7-5-17(6-8-18)22(10-13-26-14-11-22)21(25)24-12-9-16-15-27-20-4-2-1-3-19(16)20/h1-8,15H,9-14H2,(H,24,25). The van der Waals surface area contributed by atoms with Crippen molar-refractivity contribution in [3.8, 4) is 0 Å². The van der Waals surface area contributed by atoms with E-state index in [2.05, 4.69) is 63.0 Å². The van der Waals surface area contributed by atoms with Crippen LogP contribution in [0.3, 0.4) is 0 Å². The second-order valence-corrected chi connectivity index (χ2v) is 8.79. The van der Waals surface area contributed by atoms with E-state index in [1.165, 1.54) is 15.6 Å². The first-order chi connectivity index (χ1) is 13.2. The van der Waals surface area contributed by atoms with Gasteiger partial charge < -0.3 is 10.1 Å². The molecule has 0 atom stereocenters. The van der Waals surface area contributed by atoms with E-state index in [1.807, 2.05) is 12.1 Å². The number of hydrogen-bond acceptors (Lipinski definition) is 3. The summed E-state index contributed by atoms with van der Waals surface area (Å²) in [6, 6.07) is 16.6. The van der Waals surface area contributed by atoms with E-state index in [9.17, 15) is 4.79 Å². The zero-order valence-electron chi connectivity index (χ0n) is 15.0. The number of benzene rings is 2. The van der Waals surface area contributed by atoms with E-state index < -0.39 is 5.41 Å². The second kappa shape index (κ2) is 8.13. The van der Waals surface area contributed by atoms with Gasteiger partial charge in [0.25, 0.3) is 0 Å². The van der Waals surface area contributed by atoms with Crippen LogP contribution in [0.4, 0.5) is 0 Å². The van der Waals surface area contributed by atoms with Gasteiger partial charge in [0, 0.05) is 28.9 Å². The van der Waals surface area contributed by atoms with E-state index in [-0.39, 0.29) is 5.91 Å². The number of hydrogen-bond donors (Lipinski definition) is 1. The minimum atomic E-state index is -0.490. The van der Waals surface area contributed by atoms with E-state index in [4.69, 9.17) is 4.74 Å². The molecular weight excluding hydrogens is 422 g/mol. The van der Waals surface area contributed by atoms with Gasteiger partial charge in [0.2, 0.25) is 5.91 Å². The zero-order chi connectivity index (χ0) is 18.7. The minimum absolute atomic E-state index is 0.118. The molecule has 0 radical (unpaired) electrons. The highest BCUT2D eigenvalue weighted by Gasteiger charge is 2.41. The highest BCUT2D eigenvalue weighted by atomic mass is 79.9. The molecule has 27 heavy (non-hydrogen) atoms. The SMILES string of the molecule is O=C(NCCc1csc2ccccc12)C1(c2ccc(Br)cc2)CCOCC1. The fraction of sp³-hybridized carbons (Fsp3) is 0.318. The fourth-order valence-corrected chi connectivity index (χ4v) is 5.10. The van der Waals surface area contributed by atoms with Gasteiger partial charge in [-0.1, -0.05) is 46.3 Å². The summed E-state index contributed by atoms with van der Waals surface area (Å²) in [4.78, 5) is 13.2. The molecule has 3 nitrogen and oxygen atoms in total. The summed E-state index contributed by atoms with van der Waals surface area (Å²) < 4.78 is 7.87. The van der Waals surface area contributed by atoms with Crippen molar-refractivity contribution in [2.45, 2.75) is 24.7 Å². The maximum Gasteiger partial charge on any atom is 0.230 e. The van der Waals surface area contributed by atoms with Crippen molar-refractivity contribution in [3.05, 3.63) is 69.5 Å². The van der Waals surface area contributed by atoms with Crippen LogP contribution < -0.4 is 5.32 Å². The Morgan fingerprint density at radius 3 is 2.63 bits per heavy atom. The van der Waals surface area contributed by atoms with Crippen LogP contribution in [-0.4, -0.2) is 25.7 Å². The Kier molecular flexibility index (Phi) is 5.62. The van der Waals surface area contributed by atoms with Gasteiger partial charge in [0.15, 0.2) is 0 Å². The van der Waals surface area contributed by atoms with Crippen molar-refractivity contribution < 1.29 is 9.53 Å². The normalized spacial score (nSPS) is 16.3. The number of rotatable bonds is 5. The molecule has 2 heterocycles. The molecule has 2 aromatic carbocycles.